The van der Waals surface area contributed by atoms with Gasteiger partial charge in [-0.2, -0.15) is 4.39 Å². The van der Waals surface area contributed by atoms with Gasteiger partial charge in [0.2, 0.25) is 11.7 Å². The van der Waals surface area contributed by atoms with E-state index in [0.29, 0.717) is 12.1 Å². The maximum atomic E-state index is 13.4. The summed E-state index contributed by atoms with van der Waals surface area (Å²) >= 11 is 0. The zero-order valence-electron chi connectivity index (χ0n) is 10.3. The Balaban J connectivity index is 3.05. The number of carbonyl (C=O) groups excluding carboxylic acids is 1. The van der Waals surface area contributed by atoms with Crippen molar-refractivity contribution >= 4 is 17.3 Å². The number of rotatable bonds is 4. The van der Waals surface area contributed by atoms with Crippen molar-refractivity contribution in [1.82, 2.24) is 0 Å². The van der Waals surface area contributed by atoms with Crippen molar-refractivity contribution in [3.05, 3.63) is 33.9 Å². The molecule has 0 spiro atoms. The van der Waals surface area contributed by atoms with Gasteiger partial charge >= 0.3 is 5.69 Å². The number of halogens is 2. The number of anilines is 1. The molecule has 1 amide bonds. The quantitative estimate of drug-likeness (QED) is 0.645. The molecule has 0 fully saturated rings. The first-order chi connectivity index (χ1) is 8.73. The smallest absolute Gasteiger partial charge is 0.307 e. The normalized spacial score (nSPS) is 12.3. The first-order valence-corrected chi connectivity index (χ1v) is 5.44. The fourth-order valence-corrected chi connectivity index (χ4v) is 1.29. The molecule has 3 N–H and O–H groups in total. The van der Waals surface area contributed by atoms with Gasteiger partial charge in [-0.25, -0.2) is 4.39 Å². The van der Waals surface area contributed by atoms with E-state index in [0.717, 1.165) is 0 Å². The highest BCUT2D eigenvalue weighted by molar-refractivity contribution is 5.95. The molecular formula is C11H13F2N3O3. The first-order valence-electron chi connectivity index (χ1n) is 5.44. The van der Waals surface area contributed by atoms with Crippen LogP contribution in [-0.2, 0) is 4.79 Å². The van der Waals surface area contributed by atoms with Gasteiger partial charge in [-0.1, -0.05) is 13.8 Å². The molecule has 0 bridgehead atoms. The number of hydrogen-bond donors (Lipinski definition) is 2. The van der Waals surface area contributed by atoms with Gasteiger partial charge in [0.1, 0.15) is 5.82 Å². The lowest BCUT2D eigenvalue weighted by atomic mass is 10.0. The number of benzene rings is 1. The summed E-state index contributed by atoms with van der Waals surface area (Å²) in [4.78, 5) is 21.1. The molecule has 0 aromatic heterocycles. The van der Waals surface area contributed by atoms with Crippen molar-refractivity contribution in [1.29, 1.82) is 0 Å². The summed E-state index contributed by atoms with van der Waals surface area (Å²) < 4.78 is 26.5. The van der Waals surface area contributed by atoms with Crippen LogP contribution in [0.2, 0.25) is 0 Å². The summed E-state index contributed by atoms with van der Waals surface area (Å²) in [7, 11) is 0. The number of nitro groups is 1. The van der Waals surface area contributed by atoms with Crippen molar-refractivity contribution in [3.8, 4) is 0 Å². The van der Waals surface area contributed by atoms with Gasteiger partial charge in [0.25, 0.3) is 0 Å². The van der Waals surface area contributed by atoms with Gasteiger partial charge in [-0.3, -0.25) is 14.9 Å². The summed E-state index contributed by atoms with van der Waals surface area (Å²) in [5, 5.41) is 12.6. The second kappa shape index (κ2) is 5.70. The molecule has 0 heterocycles. The zero-order chi connectivity index (χ0) is 14.7. The van der Waals surface area contributed by atoms with Gasteiger partial charge in [-0.05, 0) is 5.92 Å². The highest BCUT2D eigenvalue weighted by Crippen LogP contribution is 2.25. The Morgan fingerprint density at radius 3 is 2.42 bits per heavy atom. The maximum absolute atomic E-state index is 13.4. The highest BCUT2D eigenvalue weighted by Gasteiger charge is 2.22. The minimum absolute atomic E-state index is 0.196. The lowest BCUT2D eigenvalue weighted by Crippen LogP contribution is -2.39. The number of nitrogens with two attached hydrogens (primary N) is 1. The Bertz CT molecular complexity index is 520. The molecule has 8 heteroatoms. The third-order valence-electron chi connectivity index (χ3n) is 2.51. The lowest BCUT2D eigenvalue weighted by molar-refractivity contribution is -0.387. The molecule has 0 aliphatic carbocycles. The first kappa shape index (κ1) is 15.0. The minimum Gasteiger partial charge on any atom is -0.322 e. The average Bonchev–Trinajstić information content (AvgIpc) is 2.30. The number of nitrogens with zero attached hydrogens (tertiary/aromatic N) is 1. The Hall–Kier alpha value is -2.09. The zero-order valence-corrected chi connectivity index (χ0v) is 10.3. The predicted molar refractivity (Wildman–Crippen MR) is 64.5 cm³/mol. The van der Waals surface area contributed by atoms with E-state index in [2.05, 4.69) is 5.32 Å². The molecule has 104 valence electrons. The number of carbonyl (C=O) groups is 1. The van der Waals surface area contributed by atoms with Crippen LogP contribution < -0.4 is 11.1 Å². The monoisotopic (exact) mass is 273 g/mol. The highest BCUT2D eigenvalue weighted by atomic mass is 19.1. The van der Waals surface area contributed by atoms with E-state index in [1.54, 1.807) is 13.8 Å². The van der Waals surface area contributed by atoms with Gasteiger partial charge in [0.15, 0.2) is 0 Å². The molecule has 0 radical (unpaired) electrons. The van der Waals surface area contributed by atoms with Crippen molar-refractivity contribution in [2.75, 3.05) is 5.32 Å². The van der Waals surface area contributed by atoms with Crippen molar-refractivity contribution < 1.29 is 18.5 Å². The number of hydrogen-bond acceptors (Lipinski definition) is 4. The third-order valence-corrected chi connectivity index (χ3v) is 2.51. The van der Waals surface area contributed by atoms with Crippen LogP contribution in [-0.4, -0.2) is 16.9 Å². The number of nitro benzene ring substituents is 1. The van der Waals surface area contributed by atoms with Crippen LogP contribution in [0.1, 0.15) is 13.8 Å². The Morgan fingerprint density at radius 1 is 1.37 bits per heavy atom. The Kier molecular flexibility index (Phi) is 4.49. The van der Waals surface area contributed by atoms with Crippen LogP contribution in [0.3, 0.4) is 0 Å². The van der Waals surface area contributed by atoms with Crippen LogP contribution in [0, 0.1) is 27.7 Å². The summed E-state index contributed by atoms with van der Waals surface area (Å²) in [5.41, 5.74) is 4.14. The summed E-state index contributed by atoms with van der Waals surface area (Å²) in [5.74, 6) is -3.31. The van der Waals surface area contributed by atoms with Crippen molar-refractivity contribution in [2.24, 2.45) is 11.7 Å². The van der Waals surface area contributed by atoms with Crippen molar-refractivity contribution in [2.45, 2.75) is 19.9 Å². The van der Waals surface area contributed by atoms with Gasteiger partial charge in [-0.15, -0.1) is 0 Å². The van der Waals surface area contributed by atoms with E-state index in [1.807, 2.05) is 0 Å². The largest absolute Gasteiger partial charge is 0.322 e. The Labute approximate surface area is 107 Å². The number of nitrogens with one attached hydrogen (secondary N) is 1. The fourth-order valence-electron chi connectivity index (χ4n) is 1.29. The lowest BCUT2D eigenvalue weighted by Gasteiger charge is -2.15. The molecule has 0 aliphatic rings. The molecule has 19 heavy (non-hydrogen) atoms. The van der Waals surface area contributed by atoms with E-state index >= 15 is 0 Å². The van der Waals surface area contributed by atoms with Crippen LogP contribution >= 0.6 is 0 Å². The second-order valence-electron chi connectivity index (χ2n) is 4.30. The summed E-state index contributed by atoms with van der Waals surface area (Å²) in [6.45, 7) is 3.38. The van der Waals surface area contributed by atoms with Gasteiger partial charge in [0, 0.05) is 12.1 Å². The van der Waals surface area contributed by atoms with Crippen molar-refractivity contribution in [3.63, 3.8) is 0 Å². The predicted octanol–water partition coefficient (Wildman–Crippen LogP) is 1.79. The molecule has 0 saturated carbocycles. The van der Waals surface area contributed by atoms with Crippen LogP contribution in [0.4, 0.5) is 20.2 Å². The molecule has 1 atom stereocenters. The van der Waals surface area contributed by atoms with E-state index in [1.165, 1.54) is 0 Å². The average molecular weight is 273 g/mol. The molecule has 0 saturated heterocycles. The molecule has 1 aromatic carbocycles. The van der Waals surface area contributed by atoms with E-state index in [4.69, 9.17) is 5.73 Å². The van der Waals surface area contributed by atoms with E-state index < -0.39 is 39.9 Å². The second-order valence-corrected chi connectivity index (χ2v) is 4.30. The van der Waals surface area contributed by atoms with Crippen LogP contribution in [0.5, 0.6) is 0 Å². The van der Waals surface area contributed by atoms with E-state index in [-0.39, 0.29) is 5.92 Å². The fraction of sp³-hybridized carbons (Fsp3) is 0.364. The molecule has 1 aromatic rings. The molecule has 6 nitrogen and oxygen atoms in total. The third kappa shape index (κ3) is 3.44. The van der Waals surface area contributed by atoms with Gasteiger partial charge < -0.3 is 11.1 Å². The summed E-state index contributed by atoms with van der Waals surface area (Å²) in [6.07, 6.45) is 0. The molecule has 1 rings (SSSR count). The molecule has 0 aliphatic heterocycles. The SMILES string of the molecule is CC(C)[C@H](N)C(=O)Nc1cc([N+](=O)[O-])c(F)cc1F. The standard InChI is InChI=1S/C11H13F2N3O3/c1-5(2)10(14)11(17)15-8-4-9(16(18)19)7(13)3-6(8)12/h3-5,10H,14H2,1-2H3,(H,15,17)/t10-/m0/s1. The van der Waals surface area contributed by atoms with Crippen LogP contribution in [0.25, 0.3) is 0 Å². The number of amides is 1. The molecule has 0 unspecified atom stereocenters. The van der Waals surface area contributed by atoms with Crippen LogP contribution in [0.15, 0.2) is 12.1 Å². The maximum Gasteiger partial charge on any atom is 0.307 e. The topological polar surface area (TPSA) is 98.3 Å². The summed E-state index contributed by atoms with van der Waals surface area (Å²) in [6, 6.07) is 0.0630. The van der Waals surface area contributed by atoms with E-state index in [9.17, 15) is 23.7 Å². The Morgan fingerprint density at radius 2 is 1.95 bits per heavy atom. The minimum atomic E-state index is -1.31. The molecular weight excluding hydrogens is 260 g/mol. The van der Waals surface area contributed by atoms with Gasteiger partial charge in [0.05, 0.1) is 16.7 Å².